The van der Waals surface area contributed by atoms with Crippen LogP contribution in [0.15, 0.2) is 0 Å². The van der Waals surface area contributed by atoms with Crippen molar-refractivity contribution in [3.63, 3.8) is 0 Å². The van der Waals surface area contributed by atoms with E-state index >= 15 is 0 Å². The monoisotopic (exact) mass is 308 g/mol. The second-order valence-electron chi connectivity index (χ2n) is 0.213. The zero-order valence-corrected chi connectivity index (χ0v) is 9.50. The summed E-state index contributed by atoms with van der Waals surface area (Å²) in [5.41, 5.74) is 0. The van der Waals surface area contributed by atoms with Crippen LogP contribution < -0.4 is 0 Å². The van der Waals surface area contributed by atoms with Gasteiger partial charge in [0.25, 0.3) is 0 Å². The molecule has 0 aromatic heterocycles. The molecule has 0 atom stereocenters. The van der Waals surface area contributed by atoms with Crippen LogP contribution in [0.1, 0.15) is 0 Å². The van der Waals surface area contributed by atoms with Gasteiger partial charge >= 0.3 is 34.3 Å². The summed E-state index contributed by atoms with van der Waals surface area (Å²) in [4.78, 5) is 0. The molecule has 2 nitrogen and oxygen atoms in total. The molecular formula is H2ClO2PPb. The third kappa shape index (κ3) is 40.0. The summed E-state index contributed by atoms with van der Waals surface area (Å²) in [7, 11) is -2.65. The Labute approximate surface area is 54.7 Å². The van der Waals surface area contributed by atoms with E-state index in [2.05, 4.69) is 11.2 Å². The van der Waals surface area contributed by atoms with Crippen LogP contribution in [0.4, 0.5) is 0 Å². The second kappa shape index (κ2) is 5.11. The van der Waals surface area contributed by atoms with Crippen LogP contribution in [0, 0.1) is 0 Å². The summed E-state index contributed by atoms with van der Waals surface area (Å²) in [5.74, 6) is 0. The Morgan fingerprint density at radius 2 is 1.40 bits per heavy atom. The van der Waals surface area contributed by atoms with Crippen molar-refractivity contribution in [2.75, 3.05) is 0 Å². The first-order valence-corrected chi connectivity index (χ1v) is 2.62. The topological polar surface area (TPSA) is 34.1 Å². The predicted octanol–water partition coefficient (Wildman–Crippen LogP) is 0.397. The van der Waals surface area contributed by atoms with Crippen molar-refractivity contribution < 1.29 is 9.13 Å². The number of halogens is 1. The summed E-state index contributed by atoms with van der Waals surface area (Å²) in [6.45, 7) is 0. The second-order valence-corrected chi connectivity index (χ2v) is 1.47. The summed E-state index contributed by atoms with van der Waals surface area (Å²) < 4.78 is 17.6. The van der Waals surface area contributed by atoms with Crippen molar-refractivity contribution in [1.29, 1.82) is 0 Å². The molecule has 0 spiro atoms. The summed E-state index contributed by atoms with van der Waals surface area (Å²) in [6, 6.07) is 0. The van der Waals surface area contributed by atoms with Gasteiger partial charge in [0.2, 0.25) is 0 Å². The molecule has 0 aliphatic rings. The van der Waals surface area contributed by atoms with Crippen LogP contribution in [0.3, 0.4) is 0 Å². The first-order chi connectivity index (χ1) is 1.73. The quantitative estimate of drug-likeness (QED) is 0.479. The van der Waals surface area contributed by atoms with Gasteiger partial charge in [-0.3, -0.25) is 0 Å². The van der Waals surface area contributed by atoms with Gasteiger partial charge in [0, 0.05) is 11.2 Å². The van der Waals surface area contributed by atoms with Crippen molar-refractivity contribution in [1.82, 2.24) is 0 Å². The fraction of sp³-hybridized carbons (Fsp3) is 0. The molecule has 0 saturated heterocycles. The number of rotatable bonds is 0. The zero-order chi connectivity index (χ0) is 3.58. The molecule has 0 aromatic carbocycles. The Balaban J connectivity index is 0. The third-order valence-electron chi connectivity index (χ3n) is 0. The van der Waals surface area contributed by atoms with Gasteiger partial charge < -0.3 is 0 Å². The molecule has 0 N–H and O–H groups in total. The Bertz CT molecular complexity index is 58.0. The van der Waals surface area contributed by atoms with Crippen LogP contribution in [-0.4, -0.2) is 27.3 Å². The van der Waals surface area contributed by atoms with E-state index in [0.717, 1.165) is 0 Å². The maximum atomic E-state index is 8.80. The van der Waals surface area contributed by atoms with Gasteiger partial charge in [0.05, 0.1) is 0 Å². The van der Waals surface area contributed by atoms with Crippen LogP contribution in [-0.2, 0) is 9.13 Å². The van der Waals surface area contributed by atoms with Gasteiger partial charge in [-0.2, -0.15) is 0 Å². The fourth-order valence-electron chi connectivity index (χ4n) is 0. The molecule has 0 aliphatic carbocycles. The van der Waals surface area contributed by atoms with Crippen molar-refractivity contribution in [3.8, 4) is 0 Å². The van der Waals surface area contributed by atoms with Crippen molar-refractivity contribution in [2.45, 2.75) is 0 Å². The molecule has 0 heterocycles. The summed E-state index contributed by atoms with van der Waals surface area (Å²) >= 11 is 4.23. The van der Waals surface area contributed by atoms with Crippen LogP contribution in [0.2, 0.25) is 0 Å². The molecule has 5 heteroatoms. The molecule has 2 radical (unpaired) electrons. The third-order valence-corrected chi connectivity index (χ3v) is 0. The summed E-state index contributed by atoms with van der Waals surface area (Å²) in [6.07, 6.45) is 0. The van der Waals surface area contributed by atoms with E-state index in [4.69, 9.17) is 9.13 Å². The minimum atomic E-state index is -2.65. The van der Waals surface area contributed by atoms with Crippen LogP contribution in [0.5, 0.6) is 0 Å². The Morgan fingerprint density at radius 3 is 1.40 bits per heavy atom. The van der Waals surface area contributed by atoms with E-state index in [9.17, 15) is 0 Å². The fourth-order valence-corrected chi connectivity index (χ4v) is 0. The predicted molar refractivity (Wildman–Crippen MR) is 22.7 cm³/mol. The van der Waals surface area contributed by atoms with E-state index in [1.807, 2.05) is 0 Å². The molecule has 0 aromatic rings. The van der Waals surface area contributed by atoms with Gasteiger partial charge in [-0.25, -0.2) is 9.13 Å². The molecule has 0 saturated carbocycles. The molecular weight excluding hydrogens is 306 g/mol. The van der Waals surface area contributed by atoms with Crippen LogP contribution in [0.25, 0.3) is 0 Å². The molecule has 0 bridgehead atoms. The van der Waals surface area contributed by atoms with E-state index in [-0.39, 0.29) is 27.3 Å². The standard InChI is InChI=1S/ClO2P.Pb.2H/c1-4(2)3;;;. The molecule has 5 heavy (non-hydrogen) atoms. The molecule has 0 unspecified atom stereocenters. The Kier molecular flexibility index (Phi) is 9.66. The average Bonchev–Trinajstić information content (AvgIpc) is 0.811. The Hall–Kier alpha value is 1.11. The number of hydrogen-bond donors (Lipinski definition) is 0. The maximum absolute atomic E-state index is 8.80. The van der Waals surface area contributed by atoms with E-state index in [0.29, 0.717) is 0 Å². The van der Waals surface area contributed by atoms with Gasteiger partial charge in [-0.1, -0.05) is 0 Å². The first kappa shape index (κ1) is 9.45. The minimum absolute atomic E-state index is 0. The first-order valence-electron chi connectivity index (χ1n) is 0.534. The van der Waals surface area contributed by atoms with Crippen molar-refractivity contribution in [3.05, 3.63) is 0 Å². The number of hydrogen-bond acceptors (Lipinski definition) is 2. The zero-order valence-electron chi connectivity index (χ0n) is 2.35. The Morgan fingerprint density at radius 1 is 1.40 bits per heavy atom. The van der Waals surface area contributed by atoms with Gasteiger partial charge in [0.1, 0.15) is 0 Å². The summed E-state index contributed by atoms with van der Waals surface area (Å²) in [5, 5.41) is 0. The molecule has 30 valence electrons. The molecule has 0 aliphatic heterocycles. The molecule has 0 fully saturated rings. The van der Waals surface area contributed by atoms with Crippen molar-refractivity contribution in [2.24, 2.45) is 0 Å². The van der Waals surface area contributed by atoms with Crippen LogP contribution >= 0.6 is 18.3 Å². The SMILES string of the molecule is O=P(=O)Cl.[PbH2]. The van der Waals surface area contributed by atoms with E-state index in [1.165, 1.54) is 0 Å². The van der Waals surface area contributed by atoms with Crippen molar-refractivity contribution >= 4 is 45.6 Å². The van der Waals surface area contributed by atoms with Gasteiger partial charge in [-0.05, 0) is 0 Å². The normalized spacial score (nSPS) is 5.00. The van der Waals surface area contributed by atoms with E-state index < -0.39 is 7.03 Å². The van der Waals surface area contributed by atoms with E-state index in [1.54, 1.807) is 0 Å². The molecule has 0 amide bonds. The molecule has 0 rings (SSSR count). The van der Waals surface area contributed by atoms with Gasteiger partial charge in [0.15, 0.2) is 0 Å². The van der Waals surface area contributed by atoms with Gasteiger partial charge in [-0.15, -0.1) is 0 Å². The average molecular weight is 308 g/mol.